The Morgan fingerprint density at radius 3 is 2.76 bits per heavy atom. The van der Waals surface area contributed by atoms with Gasteiger partial charge in [0.15, 0.2) is 0 Å². The first-order valence-corrected chi connectivity index (χ1v) is 9.32. The summed E-state index contributed by atoms with van der Waals surface area (Å²) in [5.41, 5.74) is 4.26. The number of nitrogen functional groups attached to an aromatic ring is 1. The highest BCUT2D eigenvalue weighted by Gasteiger charge is 2.54. The molecule has 7 heteroatoms. The van der Waals surface area contributed by atoms with Gasteiger partial charge in [0.1, 0.15) is 5.82 Å². The van der Waals surface area contributed by atoms with E-state index in [2.05, 4.69) is 21.0 Å². The van der Waals surface area contributed by atoms with Gasteiger partial charge in [0.2, 0.25) is 0 Å². The van der Waals surface area contributed by atoms with E-state index in [0.717, 1.165) is 49.3 Å². The smallest absolute Gasteiger partial charge is 0.268 e. The quantitative estimate of drug-likeness (QED) is 0.318. The Morgan fingerprint density at radius 2 is 2.08 bits per heavy atom. The second-order valence-corrected chi connectivity index (χ2v) is 8.39. The summed E-state index contributed by atoms with van der Waals surface area (Å²) in [4.78, 5) is 16.6. The third-order valence-electron chi connectivity index (χ3n) is 6.77. The lowest BCUT2D eigenvalue weighted by molar-refractivity contribution is -0.129. The van der Waals surface area contributed by atoms with E-state index in [-0.39, 0.29) is 5.91 Å². The number of fused-ring (bicyclic) bond motifs is 1. The van der Waals surface area contributed by atoms with E-state index in [4.69, 9.17) is 5.84 Å². The lowest BCUT2D eigenvalue weighted by Crippen LogP contribution is -2.59. The van der Waals surface area contributed by atoms with Crippen LogP contribution in [0.1, 0.15) is 48.0 Å². The molecular formula is C18H25N5O2. The number of rotatable bonds is 3. The Bertz CT molecular complexity index is 720. The zero-order valence-electron chi connectivity index (χ0n) is 14.2. The number of anilines is 2. The molecule has 0 saturated heterocycles. The van der Waals surface area contributed by atoms with E-state index >= 15 is 0 Å². The van der Waals surface area contributed by atoms with Crippen LogP contribution in [0.3, 0.4) is 0 Å². The van der Waals surface area contributed by atoms with Crippen LogP contribution in [0.25, 0.3) is 0 Å². The largest absolute Gasteiger partial charge is 0.390 e. The number of carbonyl (C=O) groups is 1. The topological polar surface area (TPSA) is 112 Å². The lowest BCUT2D eigenvalue weighted by atomic mass is 9.52. The standard InChI is InChI=1S/C18H25N5O2/c19-23-17(24)13-8-21-16-12(1-2-20-16)15(13)22-14-10-3-9-4-11(14)7-18(25,5-9)6-10/h8-11,14,25H,1-7,19H2,(H,23,24)(H2,20,21,22)/t9?,10-,11+,14?,18?. The summed E-state index contributed by atoms with van der Waals surface area (Å²) < 4.78 is 0. The number of hydrazine groups is 1. The molecule has 4 fully saturated rings. The van der Waals surface area contributed by atoms with Crippen molar-refractivity contribution in [3.63, 3.8) is 0 Å². The molecule has 1 aromatic heterocycles. The van der Waals surface area contributed by atoms with Crippen LogP contribution >= 0.6 is 0 Å². The normalized spacial score (nSPS) is 37.5. The van der Waals surface area contributed by atoms with Gasteiger partial charge < -0.3 is 15.7 Å². The molecule has 5 aliphatic rings. The minimum absolute atomic E-state index is 0.313. The first-order valence-electron chi connectivity index (χ1n) is 9.32. The number of carbonyl (C=O) groups excluding carboxylic acids is 1. The van der Waals surface area contributed by atoms with Crippen molar-refractivity contribution in [3.8, 4) is 0 Å². The minimum atomic E-state index is -0.451. The average molecular weight is 343 g/mol. The van der Waals surface area contributed by atoms with Crippen LogP contribution in [0.4, 0.5) is 11.5 Å². The van der Waals surface area contributed by atoms with Gasteiger partial charge in [0.05, 0.1) is 16.9 Å². The number of hydrogen-bond acceptors (Lipinski definition) is 6. The fourth-order valence-electron chi connectivity index (χ4n) is 6.05. The summed E-state index contributed by atoms with van der Waals surface area (Å²) >= 11 is 0. The number of aromatic nitrogens is 1. The first-order chi connectivity index (χ1) is 12.1. The van der Waals surface area contributed by atoms with Crippen LogP contribution in [0.2, 0.25) is 0 Å². The number of nitrogens with one attached hydrogen (secondary N) is 3. The first kappa shape index (κ1) is 15.4. The van der Waals surface area contributed by atoms with E-state index in [0.29, 0.717) is 29.4 Å². The number of aliphatic hydroxyl groups is 1. The SMILES string of the molecule is NNC(=O)c1cnc2c(c1NC1[C@@H]3CC4C[C@H]1CC(O)(C4)C3)CCN2. The Labute approximate surface area is 146 Å². The number of nitrogens with two attached hydrogens (primary N) is 1. The van der Waals surface area contributed by atoms with E-state index in [1.807, 2.05) is 0 Å². The van der Waals surface area contributed by atoms with Crippen LogP contribution < -0.4 is 21.9 Å². The van der Waals surface area contributed by atoms with Crippen molar-refractivity contribution in [1.82, 2.24) is 10.4 Å². The van der Waals surface area contributed by atoms with Crippen molar-refractivity contribution < 1.29 is 9.90 Å². The molecule has 6 rings (SSSR count). The molecule has 3 unspecified atom stereocenters. The van der Waals surface area contributed by atoms with Gasteiger partial charge in [-0.05, 0) is 56.3 Å². The Hall–Kier alpha value is -1.86. The zero-order valence-corrected chi connectivity index (χ0v) is 14.2. The Balaban J connectivity index is 1.50. The summed E-state index contributed by atoms with van der Waals surface area (Å²) in [5, 5.41) is 17.8. The highest BCUT2D eigenvalue weighted by molar-refractivity contribution is 6.00. The van der Waals surface area contributed by atoms with Crippen molar-refractivity contribution >= 4 is 17.4 Å². The molecule has 4 bridgehead atoms. The Morgan fingerprint density at radius 1 is 1.32 bits per heavy atom. The van der Waals surface area contributed by atoms with Gasteiger partial charge in [-0.1, -0.05) is 0 Å². The van der Waals surface area contributed by atoms with Gasteiger partial charge in [-0.25, -0.2) is 10.8 Å². The maximum atomic E-state index is 12.3. The molecule has 6 N–H and O–H groups in total. The number of nitrogens with zero attached hydrogens (tertiary/aromatic N) is 1. The van der Waals surface area contributed by atoms with E-state index in [1.165, 1.54) is 12.8 Å². The van der Waals surface area contributed by atoms with Gasteiger partial charge in [-0.2, -0.15) is 0 Å². The maximum absolute atomic E-state index is 12.3. The van der Waals surface area contributed by atoms with Crippen molar-refractivity contribution in [1.29, 1.82) is 0 Å². The molecule has 0 radical (unpaired) electrons. The van der Waals surface area contributed by atoms with Crippen molar-refractivity contribution in [2.75, 3.05) is 17.2 Å². The summed E-state index contributed by atoms with van der Waals surface area (Å²) in [5.74, 6) is 7.54. The van der Waals surface area contributed by atoms with Gasteiger partial charge in [0.25, 0.3) is 5.91 Å². The predicted octanol–water partition coefficient (Wildman–Crippen LogP) is 1.00. The molecule has 1 amide bonds. The lowest BCUT2D eigenvalue weighted by Gasteiger charge is -2.58. The van der Waals surface area contributed by atoms with Crippen molar-refractivity contribution in [2.45, 2.75) is 50.2 Å². The molecule has 1 aliphatic heterocycles. The second kappa shape index (κ2) is 5.32. The monoisotopic (exact) mass is 343 g/mol. The summed E-state index contributed by atoms with van der Waals surface area (Å²) in [6, 6.07) is 0.313. The number of hydrogen-bond donors (Lipinski definition) is 5. The van der Waals surface area contributed by atoms with Crippen LogP contribution in [-0.4, -0.2) is 34.2 Å². The van der Waals surface area contributed by atoms with Gasteiger partial charge in [-0.15, -0.1) is 0 Å². The molecule has 134 valence electrons. The molecule has 4 aliphatic carbocycles. The predicted molar refractivity (Wildman–Crippen MR) is 94.0 cm³/mol. The molecular weight excluding hydrogens is 318 g/mol. The highest BCUT2D eigenvalue weighted by Crippen LogP contribution is 2.56. The molecule has 2 heterocycles. The van der Waals surface area contributed by atoms with E-state index < -0.39 is 5.60 Å². The zero-order chi connectivity index (χ0) is 17.2. The molecule has 5 atom stereocenters. The molecule has 7 nitrogen and oxygen atoms in total. The van der Waals surface area contributed by atoms with Gasteiger partial charge in [-0.3, -0.25) is 10.2 Å². The third kappa shape index (κ3) is 2.33. The highest BCUT2D eigenvalue weighted by atomic mass is 16.3. The summed E-state index contributed by atoms with van der Waals surface area (Å²) in [7, 11) is 0. The molecule has 4 saturated carbocycles. The van der Waals surface area contributed by atoms with Crippen LogP contribution in [-0.2, 0) is 6.42 Å². The number of pyridine rings is 1. The van der Waals surface area contributed by atoms with Gasteiger partial charge >= 0.3 is 0 Å². The maximum Gasteiger partial charge on any atom is 0.268 e. The van der Waals surface area contributed by atoms with Crippen molar-refractivity contribution in [2.24, 2.45) is 23.6 Å². The molecule has 0 spiro atoms. The number of amides is 1. The van der Waals surface area contributed by atoms with Crippen molar-refractivity contribution in [3.05, 3.63) is 17.3 Å². The second-order valence-electron chi connectivity index (χ2n) is 8.39. The summed E-state index contributed by atoms with van der Waals surface area (Å²) in [6.07, 6.45) is 7.54. The molecule has 0 aromatic carbocycles. The Kier molecular flexibility index (Phi) is 3.27. The molecule has 25 heavy (non-hydrogen) atoms. The third-order valence-corrected chi connectivity index (χ3v) is 6.77. The van der Waals surface area contributed by atoms with Gasteiger partial charge in [0, 0.05) is 24.3 Å². The van der Waals surface area contributed by atoms with E-state index in [1.54, 1.807) is 6.20 Å². The average Bonchev–Trinajstić information content (AvgIpc) is 3.04. The minimum Gasteiger partial charge on any atom is -0.390 e. The molecule has 1 aromatic rings. The fourth-order valence-corrected chi connectivity index (χ4v) is 6.05. The van der Waals surface area contributed by atoms with Crippen LogP contribution in [0.5, 0.6) is 0 Å². The van der Waals surface area contributed by atoms with Crippen LogP contribution in [0, 0.1) is 17.8 Å². The fraction of sp³-hybridized carbons (Fsp3) is 0.667. The summed E-state index contributed by atoms with van der Waals surface area (Å²) in [6.45, 7) is 0.837. The van der Waals surface area contributed by atoms with E-state index in [9.17, 15) is 9.90 Å². The van der Waals surface area contributed by atoms with Crippen LogP contribution in [0.15, 0.2) is 6.20 Å².